The summed E-state index contributed by atoms with van der Waals surface area (Å²) in [7, 11) is 0. The molecule has 1 aromatic rings. The highest BCUT2D eigenvalue weighted by Gasteiger charge is 2.23. The van der Waals surface area contributed by atoms with Crippen LogP contribution in [0.3, 0.4) is 0 Å². The van der Waals surface area contributed by atoms with E-state index in [2.05, 4.69) is 18.7 Å². The predicted octanol–water partition coefficient (Wildman–Crippen LogP) is 2.99. The topological polar surface area (TPSA) is 20.3 Å². The van der Waals surface area contributed by atoms with Crippen molar-refractivity contribution in [3.63, 3.8) is 0 Å². The summed E-state index contributed by atoms with van der Waals surface area (Å²) in [5, 5.41) is 0. The smallest absolute Gasteiger partial charge is 0.176 e. The number of piperidine rings is 1. The third kappa shape index (κ3) is 3.39. The lowest BCUT2D eigenvalue weighted by atomic mass is 9.91. The quantitative estimate of drug-likeness (QED) is 0.768. The van der Waals surface area contributed by atoms with E-state index in [0.29, 0.717) is 23.9 Å². The highest BCUT2D eigenvalue weighted by molar-refractivity contribution is 5.97. The Hall–Kier alpha value is -1.22. The maximum Gasteiger partial charge on any atom is 0.176 e. The highest BCUT2D eigenvalue weighted by atomic mass is 19.1. The minimum Gasteiger partial charge on any atom is -0.295 e. The zero-order valence-electron chi connectivity index (χ0n) is 11.0. The summed E-state index contributed by atoms with van der Waals surface area (Å²) >= 11 is 0. The van der Waals surface area contributed by atoms with Crippen molar-refractivity contribution in [2.45, 2.75) is 20.3 Å². The molecule has 1 saturated heterocycles. The van der Waals surface area contributed by atoms with E-state index in [1.54, 1.807) is 12.1 Å². The van der Waals surface area contributed by atoms with Gasteiger partial charge in [0, 0.05) is 18.7 Å². The minimum atomic E-state index is -0.346. The summed E-state index contributed by atoms with van der Waals surface area (Å²) in [5.41, 5.74) is 0.473. The lowest BCUT2D eigenvalue weighted by Crippen LogP contribution is -2.41. The van der Waals surface area contributed by atoms with Gasteiger partial charge in [-0.1, -0.05) is 26.0 Å². The van der Waals surface area contributed by atoms with Gasteiger partial charge in [-0.2, -0.15) is 0 Å². The summed E-state index contributed by atoms with van der Waals surface area (Å²) < 4.78 is 13.1. The number of hydrogen-bond acceptors (Lipinski definition) is 2. The second-order valence-corrected chi connectivity index (χ2v) is 5.57. The van der Waals surface area contributed by atoms with Crippen LogP contribution in [0.15, 0.2) is 24.3 Å². The molecule has 0 radical (unpaired) electrons. The largest absolute Gasteiger partial charge is 0.295 e. The molecule has 0 spiro atoms. The number of carbonyl (C=O) groups is 1. The van der Waals surface area contributed by atoms with E-state index in [4.69, 9.17) is 0 Å². The van der Waals surface area contributed by atoms with Gasteiger partial charge in [0.05, 0.1) is 6.54 Å². The van der Waals surface area contributed by atoms with Gasteiger partial charge in [-0.3, -0.25) is 9.69 Å². The van der Waals surface area contributed by atoms with Gasteiger partial charge in [0.15, 0.2) is 5.78 Å². The first-order valence-corrected chi connectivity index (χ1v) is 6.55. The van der Waals surface area contributed by atoms with E-state index in [0.717, 1.165) is 13.1 Å². The molecule has 0 aliphatic carbocycles. The third-order valence-electron chi connectivity index (χ3n) is 3.46. The van der Waals surface area contributed by atoms with Crippen molar-refractivity contribution in [3.05, 3.63) is 35.6 Å². The van der Waals surface area contributed by atoms with Crippen LogP contribution in [0.5, 0.6) is 0 Å². The van der Waals surface area contributed by atoms with Crippen LogP contribution in [0, 0.1) is 17.7 Å². The van der Waals surface area contributed by atoms with Crippen molar-refractivity contribution < 1.29 is 9.18 Å². The molecule has 1 aromatic carbocycles. The summed E-state index contributed by atoms with van der Waals surface area (Å²) in [6, 6.07) is 5.95. The molecular weight excluding hydrogens is 229 g/mol. The van der Waals surface area contributed by atoms with Crippen molar-refractivity contribution in [1.29, 1.82) is 0 Å². The summed E-state index contributed by atoms with van der Waals surface area (Å²) in [6.45, 7) is 6.76. The lowest BCUT2D eigenvalue weighted by molar-refractivity contribution is 0.0849. The number of benzene rings is 1. The molecule has 0 bridgehead atoms. The molecule has 1 fully saturated rings. The van der Waals surface area contributed by atoms with E-state index in [-0.39, 0.29) is 11.6 Å². The van der Waals surface area contributed by atoms with E-state index in [1.807, 2.05) is 0 Å². The number of ketones is 1. The molecule has 2 atom stereocenters. The Bertz CT molecular complexity index is 422. The van der Waals surface area contributed by atoms with Crippen molar-refractivity contribution in [2.75, 3.05) is 19.6 Å². The normalized spacial score (nSPS) is 25.1. The van der Waals surface area contributed by atoms with Crippen LogP contribution in [-0.2, 0) is 0 Å². The Labute approximate surface area is 108 Å². The fraction of sp³-hybridized carbons (Fsp3) is 0.533. The number of likely N-dealkylation sites (tertiary alicyclic amines) is 1. The molecule has 1 aliphatic rings. The predicted molar refractivity (Wildman–Crippen MR) is 70.1 cm³/mol. The molecule has 2 unspecified atom stereocenters. The van der Waals surface area contributed by atoms with Crippen LogP contribution in [0.25, 0.3) is 0 Å². The molecule has 0 saturated carbocycles. The molecular formula is C15H20FNO. The van der Waals surface area contributed by atoms with Gasteiger partial charge in [0.25, 0.3) is 0 Å². The first-order chi connectivity index (χ1) is 8.54. The van der Waals surface area contributed by atoms with Crippen LogP contribution in [0.1, 0.15) is 30.6 Å². The summed E-state index contributed by atoms with van der Waals surface area (Å²) in [5.74, 6) is 0.931. The van der Waals surface area contributed by atoms with E-state index in [1.165, 1.54) is 18.6 Å². The molecule has 1 aliphatic heterocycles. The molecule has 0 aromatic heterocycles. The fourth-order valence-corrected chi connectivity index (χ4v) is 2.88. The number of carbonyl (C=O) groups excluding carboxylic acids is 1. The van der Waals surface area contributed by atoms with Crippen molar-refractivity contribution in [1.82, 2.24) is 4.90 Å². The van der Waals surface area contributed by atoms with E-state index < -0.39 is 0 Å². The Balaban J connectivity index is 1.99. The van der Waals surface area contributed by atoms with Crippen LogP contribution in [-0.4, -0.2) is 30.3 Å². The van der Waals surface area contributed by atoms with Gasteiger partial charge in [-0.05, 0) is 30.4 Å². The SMILES string of the molecule is CC1CC(C)CN(CC(=O)c2cccc(F)c2)C1. The second kappa shape index (κ2) is 5.61. The van der Waals surface area contributed by atoms with Crippen molar-refractivity contribution in [3.8, 4) is 0 Å². The van der Waals surface area contributed by atoms with Gasteiger partial charge in [-0.25, -0.2) is 4.39 Å². The van der Waals surface area contributed by atoms with Gasteiger partial charge < -0.3 is 0 Å². The average molecular weight is 249 g/mol. The molecule has 0 N–H and O–H groups in total. The molecule has 18 heavy (non-hydrogen) atoms. The first-order valence-electron chi connectivity index (χ1n) is 6.55. The molecule has 1 heterocycles. The first kappa shape index (κ1) is 13.2. The van der Waals surface area contributed by atoms with Gasteiger partial charge in [0.1, 0.15) is 5.82 Å². The molecule has 3 heteroatoms. The Morgan fingerprint density at radius 1 is 1.33 bits per heavy atom. The van der Waals surface area contributed by atoms with Gasteiger partial charge in [-0.15, -0.1) is 0 Å². The maximum absolute atomic E-state index is 13.1. The highest BCUT2D eigenvalue weighted by Crippen LogP contribution is 2.21. The van der Waals surface area contributed by atoms with E-state index >= 15 is 0 Å². The zero-order chi connectivity index (χ0) is 13.1. The van der Waals surface area contributed by atoms with Gasteiger partial charge in [0.2, 0.25) is 0 Å². The summed E-state index contributed by atoms with van der Waals surface area (Å²) in [4.78, 5) is 14.3. The van der Waals surface area contributed by atoms with Crippen LogP contribution in [0.4, 0.5) is 4.39 Å². The van der Waals surface area contributed by atoms with Crippen LogP contribution in [0.2, 0.25) is 0 Å². The average Bonchev–Trinajstić information content (AvgIpc) is 2.27. The molecule has 2 nitrogen and oxygen atoms in total. The van der Waals surface area contributed by atoms with Gasteiger partial charge >= 0.3 is 0 Å². The fourth-order valence-electron chi connectivity index (χ4n) is 2.88. The monoisotopic (exact) mass is 249 g/mol. The Kier molecular flexibility index (Phi) is 4.12. The number of nitrogens with zero attached hydrogens (tertiary/aromatic N) is 1. The maximum atomic E-state index is 13.1. The number of halogens is 1. The third-order valence-corrected chi connectivity index (χ3v) is 3.46. The van der Waals surface area contributed by atoms with Crippen LogP contribution >= 0.6 is 0 Å². The standard InChI is InChI=1S/C15H20FNO/c1-11-6-12(2)9-17(8-11)10-15(18)13-4-3-5-14(16)7-13/h3-5,7,11-12H,6,8-10H2,1-2H3. The molecule has 0 amide bonds. The van der Waals surface area contributed by atoms with Crippen LogP contribution < -0.4 is 0 Å². The molecule has 2 rings (SSSR count). The Morgan fingerprint density at radius 3 is 2.61 bits per heavy atom. The second-order valence-electron chi connectivity index (χ2n) is 5.57. The van der Waals surface area contributed by atoms with E-state index in [9.17, 15) is 9.18 Å². The van der Waals surface area contributed by atoms with Crippen molar-refractivity contribution >= 4 is 5.78 Å². The minimum absolute atomic E-state index is 0.0100. The number of hydrogen-bond donors (Lipinski definition) is 0. The lowest BCUT2D eigenvalue weighted by Gasteiger charge is -2.34. The van der Waals surface area contributed by atoms with Crippen molar-refractivity contribution in [2.24, 2.45) is 11.8 Å². The zero-order valence-corrected chi connectivity index (χ0v) is 11.0. The number of Topliss-reactive ketones (excluding diaryl/α,β-unsaturated/α-hetero) is 1. The Morgan fingerprint density at radius 2 is 2.00 bits per heavy atom. The summed E-state index contributed by atoms with van der Waals surface area (Å²) in [6.07, 6.45) is 1.23. The number of rotatable bonds is 3. The molecule has 98 valence electrons.